The number of thioether (sulfide) groups is 1. The summed E-state index contributed by atoms with van der Waals surface area (Å²) in [6.45, 7) is 6.14. The Morgan fingerprint density at radius 2 is 2.33 bits per heavy atom. The predicted molar refractivity (Wildman–Crippen MR) is 74.8 cm³/mol. The summed E-state index contributed by atoms with van der Waals surface area (Å²) in [7, 11) is 0. The first kappa shape index (κ1) is 15.2. The van der Waals surface area contributed by atoms with Crippen LogP contribution in [-0.4, -0.2) is 52.1 Å². The van der Waals surface area contributed by atoms with Crippen molar-refractivity contribution in [3.63, 3.8) is 0 Å². The SMILES string of the molecule is CC(C)(C)OC([O-])=NCC(=S)N1CCS[C@@H]1C=O. The molecule has 0 unspecified atom stereocenters. The number of rotatable bonds is 3. The monoisotopic (exact) mass is 289 g/mol. The molecule has 7 heteroatoms. The molecule has 1 heterocycles. The zero-order chi connectivity index (χ0) is 13.8. The summed E-state index contributed by atoms with van der Waals surface area (Å²) in [5.74, 6) is 0.857. The number of aldehydes is 1. The Hall–Kier alpha value is -0.820. The molecule has 0 bridgehead atoms. The Balaban J connectivity index is 2.50. The molecule has 5 nitrogen and oxygen atoms in total. The Morgan fingerprint density at radius 1 is 1.67 bits per heavy atom. The average molecular weight is 289 g/mol. The number of carbonyl (C=O) groups is 1. The van der Waals surface area contributed by atoms with Crippen LogP contribution in [0.3, 0.4) is 0 Å². The number of hydrogen-bond donors (Lipinski definition) is 0. The largest absolute Gasteiger partial charge is 0.595 e. The number of nitrogens with zero attached hydrogens (tertiary/aromatic N) is 2. The van der Waals surface area contributed by atoms with Gasteiger partial charge in [0.1, 0.15) is 16.4 Å². The highest BCUT2D eigenvalue weighted by molar-refractivity contribution is 8.00. The minimum Gasteiger partial charge on any atom is -0.595 e. The van der Waals surface area contributed by atoms with Gasteiger partial charge in [-0.15, -0.1) is 11.8 Å². The summed E-state index contributed by atoms with van der Waals surface area (Å²) in [6.07, 6.45) is 0.233. The van der Waals surface area contributed by atoms with Crippen LogP contribution >= 0.6 is 24.0 Å². The highest BCUT2D eigenvalue weighted by Gasteiger charge is 2.26. The molecule has 18 heavy (non-hydrogen) atoms. The molecule has 1 aliphatic heterocycles. The van der Waals surface area contributed by atoms with Crippen LogP contribution < -0.4 is 5.11 Å². The van der Waals surface area contributed by atoms with Crippen LogP contribution in [0.25, 0.3) is 0 Å². The van der Waals surface area contributed by atoms with E-state index in [4.69, 9.17) is 17.0 Å². The number of thiocarbonyl (C=S) groups is 1. The van der Waals surface area contributed by atoms with Crippen molar-refractivity contribution in [3.05, 3.63) is 0 Å². The lowest BCUT2D eigenvalue weighted by Gasteiger charge is -2.29. The molecule has 0 aliphatic carbocycles. The minimum atomic E-state index is -0.626. The highest BCUT2D eigenvalue weighted by Crippen LogP contribution is 2.22. The van der Waals surface area contributed by atoms with Crippen LogP contribution in [0.2, 0.25) is 0 Å². The first-order valence-electron chi connectivity index (χ1n) is 5.60. The number of hydrogen-bond acceptors (Lipinski definition) is 6. The Bertz CT molecular complexity index is 353. The smallest absolute Gasteiger partial charge is 0.152 e. The van der Waals surface area contributed by atoms with E-state index in [1.807, 2.05) is 0 Å². The quantitative estimate of drug-likeness (QED) is 0.325. The molecule has 0 spiro atoms. The summed E-state index contributed by atoms with van der Waals surface area (Å²) in [6, 6.07) is 0. The van der Waals surface area contributed by atoms with Crippen molar-refractivity contribution in [1.82, 2.24) is 4.90 Å². The van der Waals surface area contributed by atoms with Crippen molar-refractivity contribution in [3.8, 4) is 0 Å². The van der Waals surface area contributed by atoms with Crippen LogP contribution in [0.4, 0.5) is 0 Å². The third-order valence-electron chi connectivity index (χ3n) is 2.10. The van der Waals surface area contributed by atoms with Gasteiger partial charge in [0.05, 0.1) is 6.54 Å². The fourth-order valence-electron chi connectivity index (χ4n) is 1.39. The van der Waals surface area contributed by atoms with Gasteiger partial charge in [-0.1, -0.05) is 33.0 Å². The first-order chi connectivity index (χ1) is 8.33. The van der Waals surface area contributed by atoms with Crippen molar-refractivity contribution >= 4 is 41.3 Å². The molecule has 0 radical (unpaired) electrons. The number of aliphatic imine (C=N–C) groups is 1. The zero-order valence-corrected chi connectivity index (χ0v) is 12.3. The molecular weight excluding hydrogens is 272 g/mol. The molecule has 0 N–H and O–H groups in total. The summed E-state index contributed by atoms with van der Waals surface area (Å²) >= 11 is 6.70. The second kappa shape index (κ2) is 6.38. The number of ether oxygens (including phenoxy) is 1. The molecule has 1 atom stereocenters. The molecule has 1 aliphatic rings. The van der Waals surface area contributed by atoms with Gasteiger partial charge in [0.15, 0.2) is 6.29 Å². The summed E-state index contributed by atoms with van der Waals surface area (Å²) in [5, 5.41) is 11.1. The van der Waals surface area contributed by atoms with Gasteiger partial charge in [-0.3, -0.25) is 4.99 Å². The van der Waals surface area contributed by atoms with Gasteiger partial charge in [0.2, 0.25) is 0 Å². The number of carbonyl (C=O) groups excluding carboxylic acids is 1. The van der Waals surface area contributed by atoms with Crippen molar-refractivity contribution in [1.29, 1.82) is 0 Å². The third kappa shape index (κ3) is 4.81. The second-order valence-electron chi connectivity index (χ2n) is 4.78. The van der Waals surface area contributed by atoms with E-state index < -0.39 is 11.7 Å². The maximum Gasteiger partial charge on any atom is 0.152 e. The summed E-state index contributed by atoms with van der Waals surface area (Å²) in [4.78, 5) is 16.9. The van der Waals surface area contributed by atoms with Crippen molar-refractivity contribution < 1.29 is 14.6 Å². The molecule has 0 aromatic carbocycles. The standard InChI is InChI=1S/C11H18N2O3S2/c1-11(2,3)16-10(15)12-6-8(17)13-4-5-18-9(13)7-14/h7,9H,4-6H2,1-3H3,(H,12,15)/p-1/t9-/m1/s1. The van der Waals surface area contributed by atoms with E-state index >= 15 is 0 Å². The molecule has 102 valence electrons. The van der Waals surface area contributed by atoms with E-state index in [2.05, 4.69) is 4.99 Å². The fraction of sp³-hybridized carbons (Fsp3) is 0.727. The van der Waals surface area contributed by atoms with Gasteiger partial charge in [-0.05, 0) is 0 Å². The van der Waals surface area contributed by atoms with E-state index in [-0.39, 0.29) is 11.9 Å². The normalized spacial score (nSPS) is 20.9. The van der Waals surface area contributed by atoms with Crippen molar-refractivity contribution in [2.45, 2.75) is 31.7 Å². The lowest BCUT2D eigenvalue weighted by Crippen LogP contribution is -2.37. The molecular formula is C11H17N2O3S2-. The minimum absolute atomic E-state index is 0.0924. The van der Waals surface area contributed by atoms with Crippen LogP contribution in [-0.2, 0) is 9.53 Å². The molecule has 1 rings (SSSR count). The van der Waals surface area contributed by atoms with Crippen molar-refractivity contribution in [2.75, 3.05) is 18.8 Å². The molecule has 0 amide bonds. The van der Waals surface area contributed by atoms with Crippen LogP contribution in [0, 0.1) is 0 Å². The second-order valence-corrected chi connectivity index (χ2v) is 6.48. The maximum atomic E-state index is 11.4. The van der Waals surface area contributed by atoms with E-state index in [1.165, 1.54) is 11.8 Å². The Labute approximate surface area is 117 Å². The average Bonchev–Trinajstić information content (AvgIpc) is 2.71. The topological polar surface area (TPSA) is 65.0 Å². The van der Waals surface area contributed by atoms with Gasteiger partial charge < -0.3 is 19.5 Å². The van der Waals surface area contributed by atoms with Gasteiger partial charge >= 0.3 is 0 Å². The molecule has 0 aromatic heterocycles. The lowest BCUT2D eigenvalue weighted by molar-refractivity contribution is -0.260. The predicted octanol–water partition coefficient (Wildman–Crippen LogP) is 0.419. The molecule has 0 aromatic rings. The molecule has 1 fully saturated rings. The van der Waals surface area contributed by atoms with Gasteiger partial charge in [-0.25, -0.2) is 0 Å². The van der Waals surface area contributed by atoms with E-state index in [0.717, 1.165) is 18.6 Å². The molecule has 0 saturated carbocycles. The van der Waals surface area contributed by atoms with Crippen molar-refractivity contribution in [2.24, 2.45) is 4.99 Å². The third-order valence-corrected chi connectivity index (χ3v) is 3.59. The maximum absolute atomic E-state index is 11.4. The van der Waals surface area contributed by atoms with E-state index in [1.54, 1.807) is 25.7 Å². The van der Waals surface area contributed by atoms with Crippen LogP contribution in [0.1, 0.15) is 20.8 Å². The van der Waals surface area contributed by atoms with Gasteiger partial charge in [0, 0.05) is 17.9 Å². The van der Waals surface area contributed by atoms with E-state index in [0.29, 0.717) is 4.99 Å². The summed E-state index contributed by atoms with van der Waals surface area (Å²) in [5.41, 5.74) is -0.559. The summed E-state index contributed by atoms with van der Waals surface area (Å²) < 4.78 is 5.05. The Kier molecular flexibility index (Phi) is 5.40. The lowest BCUT2D eigenvalue weighted by atomic mass is 10.2. The first-order valence-corrected chi connectivity index (χ1v) is 7.06. The Morgan fingerprint density at radius 3 is 2.89 bits per heavy atom. The van der Waals surface area contributed by atoms with Gasteiger partial charge in [-0.2, -0.15) is 0 Å². The zero-order valence-electron chi connectivity index (χ0n) is 10.7. The fourth-order valence-corrected chi connectivity index (χ4v) is 2.76. The van der Waals surface area contributed by atoms with Gasteiger partial charge in [0.25, 0.3) is 0 Å². The van der Waals surface area contributed by atoms with E-state index in [9.17, 15) is 9.90 Å². The van der Waals surface area contributed by atoms with Crippen LogP contribution in [0.5, 0.6) is 0 Å². The van der Waals surface area contributed by atoms with Crippen LogP contribution in [0.15, 0.2) is 4.99 Å². The molecule has 1 saturated heterocycles. The highest BCUT2D eigenvalue weighted by atomic mass is 32.2.